The van der Waals surface area contributed by atoms with Crippen molar-refractivity contribution in [3.8, 4) is 45.0 Å². The Morgan fingerprint density at radius 3 is 2.22 bits per heavy atom. The highest BCUT2D eigenvalue weighted by Gasteiger charge is 2.37. The normalized spacial score (nSPS) is 14.6. The van der Waals surface area contributed by atoms with Gasteiger partial charge in [-0.25, -0.2) is 9.97 Å². The summed E-state index contributed by atoms with van der Waals surface area (Å²) in [4.78, 5) is 12.6. The number of rotatable bonds is 5. The average molecular weight is 592 g/mol. The zero-order valence-corrected chi connectivity index (χ0v) is 26.0. The van der Waals surface area contributed by atoms with Gasteiger partial charge >= 0.3 is 0 Å². The van der Waals surface area contributed by atoms with E-state index in [0.29, 0.717) is 5.82 Å². The van der Waals surface area contributed by atoms with E-state index < -0.39 is 0 Å². The third-order valence-corrected chi connectivity index (χ3v) is 9.23. The van der Waals surface area contributed by atoms with Gasteiger partial charge in [-0.15, -0.1) is 0 Å². The van der Waals surface area contributed by atoms with Crippen LogP contribution in [0.4, 0.5) is 11.4 Å². The molecule has 2 aliphatic rings. The van der Waals surface area contributed by atoms with Crippen LogP contribution in [0, 0.1) is 12.1 Å². The van der Waals surface area contributed by atoms with E-state index in [0.717, 1.165) is 46.5 Å². The predicted octanol–water partition coefficient (Wildman–Crippen LogP) is 10.8. The Hall–Kier alpha value is -5.72. The molecule has 46 heavy (non-hydrogen) atoms. The molecule has 3 nitrogen and oxygen atoms in total. The van der Waals surface area contributed by atoms with E-state index >= 15 is 0 Å². The lowest BCUT2D eigenvalue weighted by Crippen LogP contribution is -2.32. The summed E-state index contributed by atoms with van der Waals surface area (Å²) in [5.74, 6) is 0.698. The van der Waals surface area contributed by atoms with Gasteiger partial charge in [0.05, 0.1) is 11.4 Å². The van der Waals surface area contributed by atoms with Crippen molar-refractivity contribution in [2.24, 2.45) is 0 Å². The molecule has 0 saturated carbocycles. The summed E-state index contributed by atoms with van der Waals surface area (Å²) in [5.41, 5.74) is 13.4. The SMILES string of the molecule is CC1(C)c2ccccc2N(C2=CC=CCC2)c2ccc(-c3ccccc3-c3cc(-c4cc#ccc4)nc(-c4ccccc4)n3)cc21. The van der Waals surface area contributed by atoms with E-state index in [1.54, 1.807) is 0 Å². The van der Waals surface area contributed by atoms with Crippen molar-refractivity contribution >= 4 is 11.4 Å². The minimum Gasteiger partial charge on any atom is -0.314 e. The molecule has 0 atom stereocenters. The van der Waals surface area contributed by atoms with Crippen LogP contribution in [-0.4, -0.2) is 9.97 Å². The Morgan fingerprint density at radius 1 is 0.652 bits per heavy atom. The van der Waals surface area contributed by atoms with Crippen LogP contribution in [0.25, 0.3) is 45.0 Å². The van der Waals surface area contributed by atoms with E-state index in [-0.39, 0.29) is 5.41 Å². The first-order chi connectivity index (χ1) is 22.6. The van der Waals surface area contributed by atoms with Gasteiger partial charge in [-0.2, -0.15) is 0 Å². The lowest BCUT2D eigenvalue weighted by atomic mass is 9.72. The average Bonchev–Trinajstić information content (AvgIpc) is 3.13. The van der Waals surface area contributed by atoms with Crippen LogP contribution in [0.1, 0.15) is 37.8 Å². The van der Waals surface area contributed by atoms with Gasteiger partial charge in [0.25, 0.3) is 0 Å². The molecule has 0 amide bonds. The molecular weight excluding hydrogens is 558 g/mol. The van der Waals surface area contributed by atoms with Crippen molar-refractivity contribution in [3.05, 3.63) is 169 Å². The Labute approximate surface area is 271 Å². The zero-order valence-electron chi connectivity index (χ0n) is 26.0. The smallest absolute Gasteiger partial charge is 0.160 e. The summed E-state index contributed by atoms with van der Waals surface area (Å²) in [6.45, 7) is 4.70. The molecule has 5 aromatic carbocycles. The van der Waals surface area contributed by atoms with Gasteiger partial charge in [0.1, 0.15) is 0 Å². The van der Waals surface area contributed by atoms with E-state index in [1.165, 1.54) is 33.8 Å². The van der Waals surface area contributed by atoms with E-state index in [9.17, 15) is 0 Å². The fourth-order valence-corrected chi connectivity index (χ4v) is 6.87. The van der Waals surface area contributed by atoms with Crippen molar-refractivity contribution in [2.75, 3.05) is 4.90 Å². The Kier molecular flexibility index (Phi) is 6.85. The minimum absolute atomic E-state index is 0.179. The third-order valence-electron chi connectivity index (χ3n) is 9.23. The maximum Gasteiger partial charge on any atom is 0.160 e. The van der Waals surface area contributed by atoms with E-state index in [2.05, 4.69) is 134 Å². The molecule has 1 aliphatic heterocycles. The quantitative estimate of drug-likeness (QED) is 0.200. The monoisotopic (exact) mass is 591 g/mol. The number of nitrogens with zero attached hydrogens (tertiary/aromatic N) is 3. The van der Waals surface area contributed by atoms with Crippen molar-refractivity contribution < 1.29 is 0 Å². The molecule has 8 rings (SSSR count). The van der Waals surface area contributed by atoms with Gasteiger partial charge in [-0.05, 0) is 83.6 Å². The highest BCUT2D eigenvalue weighted by atomic mass is 15.2. The van der Waals surface area contributed by atoms with E-state index in [1.807, 2.05) is 36.4 Å². The van der Waals surface area contributed by atoms with Crippen LogP contribution in [0.15, 0.2) is 145 Å². The van der Waals surface area contributed by atoms with Crippen molar-refractivity contribution in [1.29, 1.82) is 0 Å². The summed E-state index contributed by atoms with van der Waals surface area (Å²) in [6, 6.07) is 48.7. The highest BCUT2D eigenvalue weighted by Crippen LogP contribution is 2.52. The maximum atomic E-state index is 5.15. The lowest BCUT2D eigenvalue weighted by Gasteiger charge is -2.43. The van der Waals surface area contributed by atoms with Gasteiger partial charge in [0.15, 0.2) is 5.82 Å². The number of hydrogen-bond donors (Lipinski definition) is 0. The standard InChI is InChI=1S/C43H33N3/c1-43(2)36-24-14-15-25-40(36)46(33-20-10-5-11-21-33)41-27-26-32(28-37(41)43)34-22-12-13-23-35(34)39-29-38(30-16-6-3-7-17-30)44-42(45-39)31-18-8-4-9-19-31/h4-6,8-10,12-20,22-29H,11,21H2,1-2H3. The molecule has 0 saturated heterocycles. The summed E-state index contributed by atoms with van der Waals surface area (Å²) in [7, 11) is 0. The molecule has 6 aromatic rings. The van der Waals surface area contributed by atoms with Crippen LogP contribution >= 0.6 is 0 Å². The first-order valence-electron chi connectivity index (χ1n) is 15.9. The second kappa shape index (κ2) is 11.3. The molecule has 3 heteroatoms. The second-order valence-corrected chi connectivity index (χ2v) is 12.4. The molecule has 0 spiro atoms. The fourth-order valence-electron chi connectivity index (χ4n) is 6.87. The summed E-state index contributed by atoms with van der Waals surface area (Å²) in [5, 5.41) is 0. The minimum atomic E-state index is -0.179. The zero-order chi connectivity index (χ0) is 31.1. The summed E-state index contributed by atoms with van der Waals surface area (Å²) < 4.78 is 0. The van der Waals surface area contributed by atoms with Gasteiger partial charge in [-0.3, -0.25) is 0 Å². The third kappa shape index (κ3) is 4.80. The summed E-state index contributed by atoms with van der Waals surface area (Å²) >= 11 is 0. The predicted molar refractivity (Wildman–Crippen MR) is 189 cm³/mol. The first kappa shape index (κ1) is 27.8. The highest BCUT2D eigenvalue weighted by molar-refractivity contribution is 5.88. The Morgan fingerprint density at radius 2 is 1.41 bits per heavy atom. The molecule has 2 heterocycles. The summed E-state index contributed by atoms with van der Waals surface area (Å²) in [6.07, 6.45) is 8.79. The number of fused-ring (bicyclic) bond motifs is 2. The van der Waals surface area contributed by atoms with Gasteiger partial charge < -0.3 is 4.90 Å². The number of allylic oxidation sites excluding steroid dienone is 4. The van der Waals surface area contributed by atoms with Crippen LogP contribution in [0.2, 0.25) is 0 Å². The van der Waals surface area contributed by atoms with E-state index in [4.69, 9.17) is 9.97 Å². The molecule has 1 aromatic heterocycles. The number of para-hydroxylation sites is 1. The van der Waals surface area contributed by atoms with Crippen LogP contribution in [0.3, 0.4) is 0 Å². The largest absolute Gasteiger partial charge is 0.314 e. The molecular formula is C43H33N3. The second-order valence-electron chi connectivity index (χ2n) is 12.4. The van der Waals surface area contributed by atoms with Gasteiger partial charge in [-0.1, -0.05) is 117 Å². The molecule has 220 valence electrons. The molecule has 0 fully saturated rings. The van der Waals surface area contributed by atoms with Gasteiger partial charge in [0.2, 0.25) is 0 Å². The topological polar surface area (TPSA) is 29.0 Å². The number of hydrogen-bond acceptors (Lipinski definition) is 3. The molecule has 0 N–H and O–H groups in total. The fraction of sp³-hybridized carbons (Fsp3) is 0.116. The number of benzene rings is 4. The van der Waals surface area contributed by atoms with Crippen molar-refractivity contribution in [2.45, 2.75) is 32.1 Å². The molecule has 0 unspecified atom stereocenters. The maximum absolute atomic E-state index is 5.15. The van der Waals surface area contributed by atoms with Crippen molar-refractivity contribution in [3.63, 3.8) is 0 Å². The Balaban J connectivity index is 1.30. The first-order valence-corrected chi connectivity index (χ1v) is 15.9. The number of aromatic nitrogens is 2. The molecule has 1 aliphatic carbocycles. The molecule has 0 radical (unpaired) electrons. The van der Waals surface area contributed by atoms with Gasteiger partial charge in [0, 0.05) is 39.2 Å². The van der Waals surface area contributed by atoms with Crippen LogP contribution < -0.4 is 4.90 Å². The Bertz CT molecular complexity index is 2070. The lowest BCUT2D eigenvalue weighted by molar-refractivity contribution is 0.628. The van der Waals surface area contributed by atoms with Crippen molar-refractivity contribution in [1.82, 2.24) is 9.97 Å². The number of anilines is 2. The van der Waals surface area contributed by atoms with Crippen LogP contribution in [0.5, 0.6) is 0 Å². The molecule has 0 bridgehead atoms. The van der Waals surface area contributed by atoms with Crippen LogP contribution in [-0.2, 0) is 5.41 Å².